The lowest BCUT2D eigenvalue weighted by atomic mass is 10.0. The first kappa shape index (κ1) is 17.9. The van der Waals surface area contributed by atoms with Gasteiger partial charge in [-0.25, -0.2) is 8.42 Å². The Hall–Kier alpha value is -2.18. The van der Waals surface area contributed by atoms with E-state index in [1.165, 1.54) is 5.56 Å². The molecule has 3 aliphatic rings. The normalized spacial score (nSPS) is 22.0. The van der Waals surface area contributed by atoms with Gasteiger partial charge in [0.15, 0.2) is 0 Å². The molecule has 1 amide bonds. The van der Waals surface area contributed by atoms with E-state index in [9.17, 15) is 13.2 Å². The molecule has 0 unspecified atom stereocenters. The van der Waals surface area contributed by atoms with Crippen molar-refractivity contribution < 1.29 is 13.2 Å². The first-order valence-electron chi connectivity index (χ1n) is 9.98. The largest absolute Gasteiger partial charge is 0.309 e. The number of sulfonamides is 1. The second-order valence-corrected chi connectivity index (χ2v) is 10.1. The summed E-state index contributed by atoms with van der Waals surface area (Å²) in [6.45, 7) is 2.95. The number of fused-ring (bicyclic) bond motifs is 2. The maximum absolute atomic E-state index is 13.3. The predicted molar refractivity (Wildman–Crippen MR) is 108 cm³/mol. The van der Waals surface area contributed by atoms with Gasteiger partial charge in [0.05, 0.1) is 4.90 Å². The summed E-state index contributed by atoms with van der Waals surface area (Å²) >= 11 is 0. The Labute approximate surface area is 166 Å². The van der Waals surface area contributed by atoms with Gasteiger partial charge in [-0.1, -0.05) is 24.3 Å². The zero-order valence-corrected chi connectivity index (χ0v) is 16.8. The van der Waals surface area contributed by atoms with Crippen molar-refractivity contribution in [3.63, 3.8) is 0 Å². The van der Waals surface area contributed by atoms with Crippen molar-refractivity contribution in [3.05, 3.63) is 59.2 Å². The Morgan fingerprint density at radius 3 is 2.54 bits per heavy atom. The van der Waals surface area contributed by atoms with Gasteiger partial charge in [0, 0.05) is 30.7 Å². The number of benzene rings is 2. The molecule has 1 saturated carbocycles. The molecule has 0 spiro atoms. The van der Waals surface area contributed by atoms with Crippen LogP contribution in [0.4, 0.5) is 5.69 Å². The zero-order valence-electron chi connectivity index (χ0n) is 16.0. The van der Waals surface area contributed by atoms with Gasteiger partial charge in [0.25, 0.3) is 0 Å². The lowest BCUT2D eigenvalue weighted by Crippen LogP contribution is -2.36. The second kappa shape index (κ2) is 6.42. The first-order chi connectivity index (χ1) is 13.4. The summed E-state index contributed by atoms with van der Waals surface area (Å²) in [5, 5.41) is 0. The lowest BCUT2D eigenvalue weighted by Gasteiger charge is -2.28. The Balaban J connectivity index is 1.44. The molecule has 2 aromatic carbocycles. The minimum absolute atomic E-state index is 0.0860. The molecule has 146 valence electrons. The number of hydrogen-bond acceptors (Lipinski definition) is 3. The van der Waals surface area contributed by atoms with Crippen LogP contribution in [0.2, 0.25) is 0 Å². The summed E-state index contributed by atoms with van der Waals surface area (Å²) in [6.07, 6.45) is 3.39. The summed E-state index contributed by atoms with van der Waals surface area (Å²) in [4.78, 5) is 14.8. The van der Waals surface area contributed by atoms with Crippen LogP contribution in [0.1, 0.15) is 36.5 Å². The van der Waals surface area contributed by atoms with E-state index in [2.05, 4.69) is 6.07 Å². The molecule has 2 heterocycles. The average molecular weight is 397 g/mol. The maximum atomic E-state index is 13.3. The molecule has 0 N–H and O–H groups in total. The number of anilines is 1. The minimum Gasteiger partial charge on any atom is -0.309 e. The number of nitrogens with zero attached hydrogens (tertiary/aromatic N) is 2. The Kier molecular flexibility index (Phi) is 4.10. The smallest absolute Gasteiger partial charge is 0.243 e. The van der Waals surface area contributed by atoms with Gasteiger partial charge in [0.2, 0.25) is 15.9 Å². The molecule has 0 aromatic heterocycles. The SMILES string of the molecule is C[C@@H]1Cc2cc(S(=O)(=O)N3CCc4ccccc4C3)ccc2N1C(=O)C1CC1. The number of rotatable bonds is 3. The van der Waals surface area contributed by atoms with Gasteiger partial charge in [-0.3, -0.25) is 4.79 Å². The van der Waals surface area contributed by atoms with Crippen molar-refractivity contribution in [2.45, 2.75) is 50.1 Å². The van der Waals surface area contributed by atoms with Crippen LogP contribution >= 0.6 is 0 Å². The highest BCUT2D eigenvalue weighted by Crippen LogP contribution is 2.40. The number of carbonyl (C=O) groups excluding carboxylic acids is 1. The van der Waals surface area contributed by atoms with Crippen molar-refractivity contribution in [1.29, 1.82) is 0 Å². The fraction of sp³-hybridized carbons (Fsp3) is 0.409. The van der Waals surface area contributed by atoms with Gasteiger partial charge in [0.1, 0.15) is 0 Å². The molecule has 1 atom stereocenters. The van der Waals surface area contributed by atoms with Gasteiger partial charge in [-0.15, -0.1) is 0 Å². The van der Waals surface area contributed by atoms with E-state index in [1.54, 1.807) is 16.4 Å². The molecule has 28 heavy (non-hydrogen) atoms. The molecule has 0 saturated heterocycles. The standard InChI is InChI=1S/C22H24N2O3S/c1-15-12-19-13-20(8-9-21(19)24(15)22(25)17-6-7-17)28(26,27)23-11-10-16-4-2-3-5-18(16)14-23/h2-5,8-9,13,15,17H,6-7,10-12,14H2,1H3/t15-/m1/s1. The van der Waals surface area contributed by atoms with E-state index in [4.69, 9.17) is 0 Å². The molecular weight excluding hydrogens is 372 g/mol. The monoisotopic (exact) mass is 396 g/mol. The van der Waals surface area contributed by atoms with Crippen LogP contribution in [0, 0.1) is 5.92 Å². The molecule has 2 aromatic rings. The number of carbonyl (C=O) groups is 1. The van der Waals surface area contributed by atoms with Crippen LogP contribution in [-0.4, -0.2) is 31.2 Å². The van der Waals surface area contributed by atoms with Gasteiger partial charge < -0.3 is 4.90 Å². The molecule has 1 fully saturated rings. The summed E-state index contributed by atoms with van der Waals surface area (Å²) < 4.78 is 28.1. The second-order valence-electron chi connectivity index (χ2n) is 8.18. The summed E-state index contributed by atoms with van der Waals surface area (Å²) in [7, 11) is -3.56. The summed E-state index contributed by atoms with van der Waals surface area (Å²) in [6, 6.07) is 13.4. The third kappa shape index (κ3) is 2.86. The van der Waals surface area contributed by atoms with Crippen molar-refractivity contribution in [2.75, 3.05) is 11.4 Å². The van der Waals surface area contributed by atoms with Crippen LogP contribution in [0.25, 0.3) is 0 Å². The molecule has 0 bridgehead atoms. The summed E-state index contributed by atoms with van der Waals surface area (Å²) in [5.41, 5.74) is 4.14. The Bertz CT molecular complexity index is 1060. The van der Waals surface area contributed by atoms with Gasteiger partial charge >= 0.3 is 0 Å². The van der Waals surface area contributed by atoms with Crippen LogP contribution in [0.3, 0.4) is 0 Å². The Morgan fingerprint density at radius 2 is 1.79 bits per heavy atom. The highest BCUT2D eigenvalue weighted by Gasteiger charge is 2.40. The van der Waals surface area contributed by atoms with E-state index in [0.717, 1.165) is 36.1 Å². The highest BCUT2D eigenvalue weighted by molar-refractivity contribution is 7.89. The molecular formula is C22H24N2O3S. The van der Waals surface area contributed by atoms with Crippen LogP contribution in [0.5, 0.6) is 0 Å². The molecule has 6 heteroatoms. The van der Waals surface area contributed by atoms with E-state index in [1.807, 2.05) is 36.1 Å². The minimum atomic E-state index is -3.56. The summed E-state index contributed by atoms with van der Waals surface area (Å²) in [5.74, 6) is 0.347. The van der Waals surface area contributed by atoms with Gasteiger partial charge in [-0.2, -0.15) is 4.31 Å². The highest BCUT2D eigenvalue weighted by atomic mass is 32.2. The van der Waals surface area contributed by atoms with Crippen molar-refractivity contribution in [1.82, 2.24) is 4.31 Å². The van der Waals surface area contributed by atoms with E-state index in [-0.39, 0.29) is 17.9 Å². The molecule has 1 aliphatic carbocycles. The quantitative estimate of drug-likeness (QED) is 0.801. The predicted octanol–water partition coefficient (Wildman–Crippen LogP) is 3.12. The topological polar surface area (TPSA) is 57.7 Å². The molecule has 0 radical (unpaired) electrons. The van der Waals surface area contributed by atoms with E-state index >= 15 is 0 Å². The van der Waals surface area contributed by atoms with Crippen molar-refractivity contribution >= 4 is 21.6 Å². The van der Waals surface area contributed by atoms with Crippen molar-refractivity contribution in [2.24, 2.45) is 5.92 Å². The van der Waals surface area contributed by atoms with Crippen molar-refractivity contribution in [3.8, 4) is 0 Å². The first-order valence-corrected chi connectivity index (χ1v) is 11.4. The fourth-order valence-electron chi connectivity index (χ4n) is 4.45. The maximum Gasteiger partial charge on any atom is 0.243 e. The van der Waals surface area contributed by atoms with Crippen LogP contribution in [0.15, 0.2) is 47.4 Å². The van der Waals surface area contributed by atoms with Crippen LogP contribution in [-0.2, 0) is 34.2 Å². The van der Waals surface area contributed by atoms with E-state index in [0.29, 0.717) is 24.4 Å². The van der Waals surface area contributed by atoms with E-state index < -0.39 is 10.0 Å². The molecule has 2 aliphatic heterocycles. The number of amides is 1. The fourth-order valence-corrected chi connectivity index (χ4v) is 5.92. The number of hydrogen-bond donors (Lipinski definition) is 0. The average Bonchev–Trinajstić information content (AvgIpc) is 3.49. The third-order valence-corrected chi connectivity index (χ3v) is 8.01. The Morgan fingerprint density at radius 1 is 1.04 bits per heavy atom. The molecule has 5 nitrogen and oxygen atoms in total. The molecule has 5 rings (SSSR count). The zero-order chi connectivity index (χ0) is 19.5. The lowest BCUT2D eigenvalue weighted by molar-refractivity contribution is -0.120. The van der Waals surface area contributed by atoms with Crippen LogP contribution < -0.4 is 4.90 Å². The third-order valence-electron chi connectivity index (χ3n) is 6.16. The van der Waals surface area contributed by atoms with Gasteiger partial charge in [-0.05, 0) is 67.5 Å².